The van der Waals surface area contributed by atoms with Crippen LogP contribution in [-0.4, -0.2) is 37.1 Å². The van der Waals surface area contributed by atoms with Crippen molar-refractivity contribution in [2.75, 3.05) is 11.6 Å². The summed E-state index contributed by atoms with van der Waals surface area (Å²) in [4.78, 5) is 17.0. The van der Waals surface area contributed by atoms with Crippen molar-refractivity contribution in [3.05, 3.63) is 35.3 Å². The maximum Gasteiger partial charge on any atom is 0.420 e. The molecule has 0 saturated heterocycles. The van der Waals surface area contributed by atoms with Crippen molar-refractivity contribution >= 4 is 21.3 Å². The Morgan fingerprint density at radius 2 is 1.85 bits per heavy atom. The second-order valence-corrected chi connectivity index (χ2v) is 12.3. The molecule has 7 nitrogen and oxygen atoms in total. The first kappa shape index (κ1) is 26.0. The third kappa shape index (κ3) is 5.39. The molecule has 1 fully saturated rings. The number of rotatable bonds is 5. The molecule has 1 saturated carbocycles. The number of hydrogen-bond donors (Lipinski definition) is 2. The first-order valence-corrected chi connectivity index (χ1v) is 12.3. The number of carbonyl (C=O) groups excluding carboxylic acids is 1. The number of amides is 1. The smallest absolute Gasteiger partial charge is 0.320 e. The topological polar surface area (TPSA) is 101 Å². The highest BCUT2D eigenvalue weighted by atomic mass is 32.2. The number of hydrogen-bond acceptors (Lipinski definition) is 5. The van der Waals surface area contributed by atoms with Gasteiger partial charge < -0.3 is 5.32 Å². The lowest BCUT2D eigenvalue weighted by molar-refractivity contribution is -0.160. The summed E-state index contributed by atoms with van der Waals surface area (Å²) >= 11 is 0. The van der Waals surface area contributed by atoms with Crippen LogP contribution in [-0.2, 0) is 27.9 Å². The molecule has 1 aliphatic rings. The van der Waals surface area contributed by atoms with Gasteiger partial charge in [-0.2, -0.15) is 18.3 Å². The van der Waals surface area contributed by atoms with Gasteiger partial charge in [0, 0.05) is 42.9 Å². The molecular formula is C21H26F5N5O2S. The van der Waals surface area contributed by atoms with Crippen LogP contribution in [0.1, 0.15) is 62.3 Å². The first-order valence-electron chi connectivity index (χ1n) is 10.3. The summed E-state index contributed by atoms with van der Waals surface area (Å²) in [6.45, 7) is 5.74. The molecule has 0 bridgehead atoms. The number of carbonyl (C=O) groups is 1. The molecule has 2 N–H and O–H groups in total. The zero-order chi connectivity index (χ0) is 25.9. The predicted octanol–water partition coefficient (Wildman–Crippen LogP) is 5.32. The molecule has 0 unspecified atom stereocenters. The number of alkyl halides is 5. The van der Waals surface area contributed by atoms with E-state index in [4.69, 9.17) is 4.78 Å². The molecule has 0 spiro atoms. The second-order valence-electron chi connectivity index (χ2n) is 10.2. The largest absolute Gasteiger partial charge is 0.420 e. The first-order chi connectivity index (χ1) is 15.2. The van der Waals surface area contributed by atoms with E-state index in [1.165, 1.54) is 40.0 Å². The van der Waals surface area contributed by atoms with Crippen molar-refractivity contribution in [3.8, 4) is 0 Å². The lowest BCUT2D eigenvalue weighted by atomic mass is 9.67. The molecule has 2 aromatic heterocycles. The van der Waals surface area contributed by atoms with Crippen molar-refractivity contribution in [2.24, 2.45) is 5.41 Å². The van der Waals surface area contributed by atoms with Gasteiger partial charge in [0.25, 0.3) is 5.91 Å². The maximum atomic E-state index is 14.2. The molecule has 188 valence electrons. The molecule has 1 amide bonds. The number of anilines is 1. The summed E-state index contributed by atoms with van der Waals surface area (Å²) in [5.41, 5.74) is -4.56. The zero-order valence-electron chi connectivity index (χ0n) is 19.3. The third-order valence-corrected chi connectivity index (χ3v) is 6.48. The number of nitrogens with one attached hydrogen (secondary N) is 2. The van der Waals surface area contributed by atoms with E-state index < -0.39 is 62.7 Å². The molecular weight excluding hydrogens is 481 g/mol. The van der Waals surface area contributed by atoms with E-state index >= 15 is 0 Å². The van der Waals surface area contributed by atoms with Gasteiger partial charge in [0.05, 0.1) is 15.4 Å². The van der Waals surface area contributed by atoms with Crippen molar-refractivity contribution in [1.29, 1.82) is 4.78 Å². The summed E-state index contributed by atoms with van der Waals surface area (Å²) in [6.07, 6.45) is -3.73. The zero-order valence-corrected chi connectivity index (χ0v) is 20.1. The van der Waals surface area contributed by atoms with Gasteiger partial charge in [-0.25, -0.2) is 22.8 Å². The van der Waals surface area contributed by atoms with Crippen molar-refractivity contribution in [2.45, 2.75) is 69.6 Å². The van der Waals surface area contributed by atoms with Crippen LogP contribution in [0.2, 0.25) is 0 Å². The lowest BCUT2D eigenvalue weighted by Gasteiger charge is -2.44. The van der Waals surface area contributed by atoms with Gasteiger partial charge in [-0.15, -0.1) is 0 Å². The second kappa shape index (κ2) is 7.99. The van der Waals surface area contributed by atoms with Crippen LogP contribution in [0.4, 0.5) is 27.6 Å². The summed E-state index contributed by atoms with van der Waals surface area (Å²) in [5.74, 6) is -4.07. The number of aromatic nitrogens is 3. The summed E-state index contributed by atoms with van der Waals surface area (Å²) in [5, 5.41) is 6.26. The number of pyridine rings is 1. The Bertz CT molecular complexity index is 1220. The average molecular weight is 508 g/mol. The van der Waals surface area contributed by atoms with E-state index in [1.807, 2.05) is 0 Å². The quantitative estimate of drug-likeness (QED) is 0.535. The highest BCUT2D eigenvalue weighted by Gasteiger charge is 2.55. The summed E-state index contributed by atoms with van der Waals surface area (Å²) in [7, 11) is -3.24. The molecule has 1 aliphatic carbocycles. The normalized spacial score (nSPS) is 19.2. The Morgan fingerprint density at radius 1 is 1.26 bits per heavy atom. The molecule has 1 atom stereocenters. The minimum absolute atomic E-state index is 0.0172. The van der Waals surface area contributed by atoms with E-state index in [2.05, 4.69) is 15.4 Å². The Balaban J connectivity index is 2.12. The molecule has 0 aromatic carbocycles. The molecule has 0 aliphatic heterocycles. The predicted molar refractivity (Wildman–Crippen MR) is 115 cm³/mol. The van der Waals surface area contributed by atoms with Gasteiger partial charge in [0.2, 0.25) is 5.92 Å². The number of nitrogens with zero attached hydrogens (tertiary/aromatic N) is 3. The highest BCUT2D eigenvalue weighted by molar-refractivity contribution is 7.91. The van der Waals surface area contributed by atoms with Crippen molar-refractivity contribution in [3.63, 3.8) is 0 Å². The lowest BCUT2D eigenvalue weighted by Crippen LogP contribution is -2.47. The van der Waals surface area contributed by atoms with E-state index in [0.29, 0.717) is 0 Å². The Labute approximate surface area is 194 Å². The Morgan fingerprint density at radius 3 is 2.32 bits per heavy atom. The fourth-order valence-electron chi connectivity index (χ4n) is 4.16. The van der Waals surface area contributed by atoms with Crippen LogP contribution in [0.5, 0.6) is 0 Å². The van der Waals surface area contributed by atoms with Gasteiger partial charge in [-0.05, 0) is 17.5 Å². The molecule has 2 heterocycles. The number of halogens is 5. The standard InChI is InChI=1S/C21H26F5N5O2S/c1-18(2,3)16-14(21(24,25)26)15(31(30-16)11-19(4)9-20(22,23)10-19)17(32)29-12-6-7-28-13(8-12)34(5,27)33/h6-8,27H,9-11H2,1-5H3,(H,28,29,32)/t34-/m1/s1. The summed E-state index contributed by atoms with van der Waals surface area (Å²) < 4.78 is 90.1. The van der Waals surface area contributed by atoms with Crippen LogP contribution >= 0.6 is 0 Å². The van der Waals surface area contributed by atoms with Gasteiger partial charge >= 0.3 is 6.18 Å². The minimum Gasteiger partial charge on any atom is -0.320 e. The fourth-order valence-corrected chi connectivity index (χ4v) is 4.78. The fraction of sp³-hybridized carbons (Fsp3) is 0.571. The van der Waals surface area contributed by atoms with Crippen LogP contribution < -0.4 is 5.32 Å². The van der Waals surface area contributed by atoms with Crippen molar-refractivity contribution in [1.82, 2.24) is 14.8 Å². The molecule has 0 radical (unpaired) electrons. The Hall–Kier alpha value is -2.57. The minimum atomic E-state index is -4.94. The van der Waals surface area contributed by atoms with Crippen molar-refractivity contribution < 1.29 is 31.0 Å². The van der Waals surface area contributed by atoms with E-state index in [1.54, 1.807) is 0 Å². The van der Waals surface area contributed by atoms with Crippen LogP contribution in [0.15, 0.2) is 23.4 Å². The maximum absolute atomic E-state index is 14.2. The van der Waals surface area contributed by atoms with Gasteiger partial charge in [-0.1, -0.05) is 27.7 Å². The van der Waals surface area contributed by atoms with Gasteiger partial charge in [0.1, 0.15) is 16.3 Å². The molecule has 3 rings (SSSR count). The van der Waals surface area contributed by atoms with Gasteiger partial charge in [-0.3, -0.25) is 9.48 Å². The van der Waals surface area contributed by atoms with Crippen LogP contribution in [0, 0.1) is 10.2 Å². The Kier molecular flexibility index (Phi) is 6.12. The van der Waals surface area contributed by atoms with E-state index in [0.717, 1.165) is 17.0 Å². The molecule has 34 heavy (non-hydrogen) atoms. The van der Waals surface area contributed by atoms with E-state index in [-0.39, 0.29) is 23.0 Å². The average Bonchev–Trinajstić information content (AvgIpc) is 2.99. The highest BCUT2D eigenvalue weighted by Crippen LogP contribution is 2.53. The third-order valence-electron chi connectivity index (χ3n) is 5.46. The SMILES string of the molecule is CC1(Cn2nc(C(C)(C)C)c(C(F)(F)F)c2C(=O)Nc2ccnc([S@](C)(=N)=O)c2)CC(F)(F)C1. The molecule has 13 heteroatoms. The van der Waals surface area contributed by atoms with E-state index in [9.17, 15) is 31.0 Å². The van der Waals surface area contributed by atoms with Crippen LogP contribution in [0.3, 0.4) is 0 Å². The van der Waals surface area contributed by atoms with Crippen LogP contribution in [0.25, 0.3) is 0 Å². The molecule has 2 aromatic rings. The van der Waals surface area contributed by atoms with Gasteiger partial charge in [0.15, 0.2) is 0 Å². The monoisotopic (exact) mass is 507 g/mol. The summed E-state index contributed by atoms with van der Waals surface area (Å²) in [6, 6.07) is 2.42.